The molecule has 0 unspecified atom stereocenters. The molecule has 0 saturated carbocycles. The summed E-state index contributed by atoms with van der Waals surface area (Å²) >= 11 is 0. The lowest BCUT2D eigenvalue weighted by Crippen LogP contribution is -2.30. The lowest BCUT2D eigenvalue weighted by atomic mass is 9.78. The molecule has 1 aliphatic carbocycles. The van der Waals surface area contributed by atoms with Crippen LogP contribution in [0.2, 0.25) is 0 Å². The Hall–Kier alpha value is -2.10. The fourth-order valence-corrected chi connectivity index (χ4v) is 3.42. The van der Waals surface area contributed by atoms with Crippen LogP contribution in [0.3, 0.4) is 0 Å². The van der Waals surface area contributed by atoms with Crippen LogP contribution in [0.4, 0.5) is 5.69 Å². The number of carbonyl (C=O) groups is 2. The maximum Gasteiger partial charge on any atom is 0.238 e. The number of benzene rings is 1. The fourth-order valence-electron chi connectivity index (χ4n) is 3.42. The van der Waals surface area contributed by atoms with Gasteiger partial charge in [-0.1, -0.05) is 18.1 Å². The van der Waals surface area contributed by atoms with Gasteiger partial charge in [-0.25, -0.2) is 0 Å². The smallest absolute Gasteiger partial charge is 0.238 e. The van der Waals surface area contributed by atoms with Gasteiger partial charge in [0.05, 0.1) is 24.1 Å². The van der Waals surface area contributed by atoms with Crippen molar-refractivity contribution in [2.45, 2.75) is 40.0 Å². The second-order valence-electron chi connectivity index (χ2n) is 6.54. The summed E-state index contributed by atoms with van der Waals surface area (Å²) in [6.45, 7) is 6.84. The van der Waals surface area contributed by atoms with Crippen molar-refractivity contribution in [3.8, 4) is 5.75 Å². The van der Waals surface area contributed by atoms with E-state index in [9.17, 15) is 9.59 Å². The normalized spacial score (nSPS) is 24.2. The molecule has 1 aromatic carbocycles. The summed E-state index contributed by atoms with van der Waals surface area (Å²) in [5.41, 5.74) is 3.14. The maximum absolute atomic E-state index is 12.7. The lowest BCUT2D eigenvalue weighted by Gasteiger charge is -2.23. The van der Waals surface area contributed by atoms with Crippen LogP contribution >= 0.6 is 0 Å². The van der Waals surface area contributed by atoms with E-state index in [-0.39, 0.29) is 23.7 Å². The number of hydrogen-bond acceptors (Lipinski definition) is 3. The number of imide groups is 1. The summed E-state index contributed by atoms with van der Waals surface area (Å²) in [5, 5.41) is 0. The first-order valence-electron chi connectivity index (χ1n) is 8.28. The van der Waals surface area contributed by atoms with Crippen LogP contribution in [-0.2, 0) is 9.59 Å². The molecule has 1 aromatic rings. The zero-order valence-electron chi connectivity index (χ0n) is 14.0. The zero-order chi connectivity index (χ0) is 16.6. The Morgan fingerprint density at radius 1 is 1.00 bits per heavy atom. The number of carbonyl (C=O) groups excluding carboxylic acids is 2. The highest BCUT2D eigenvalue weighted by atomic mass is 16.5. The van der Waals surface area contributed by atoms with Crippen molar-refractivity contribution in [2.75, 3.05) is 11.5 Å². The molecular formula is C19H23NO3. The average Bonchev–Trinajstić information content (AvgIpc) is 2.78. The first-order valence-corrected chi connectivity index (χ1v) is 8.28. The van der Waals surface area contributed by atoms with Gasteiger partial charge in [-0.15, -0.1) is 0 Å². The summed E-state index contributed by atoms with van der Waals surface area (Å²) < 4.78 is 5.55. The molecule has 3 rings (SSSR count). The second-order valence-corrected chi connectivity index (χ2v) is 6.54. The van der Waals surface area contributed by atoms with Gasteiger partial charge in [0.25, 0.3) is 0 Å². The van der Waals surface area contributed by atoms with E-state index in [1.807, 2.05) is 12.1 Å². The highest BCUT2D eigenvalue weighted by Gasteiger charge is 2.49. The quantitative estimate of drug-likeness (QED) is 0.629. The van der Waals surface area contributed by atoms with Crippen LogP contribution in [-0.4, -0.2) is 18.4 Å². The van der Waals surface area contributed by atoms with Gasteiger partial charge in [0.15, 0.2) is 0 Å². The van der Waals surface area contributed by atoms with Crippen LogP contribution in [0.5, 0.6) is 5.75 Å². The Morgan fingerprint density at radius 2 is 1.52 bits per heavy atom. The minimum Gasteiger partial charge on any atom is -0.494 e. The highest BCUT2D eigenvalue weighted by Crippen LogP contribution is 2.42. The third-order valence-electron chi connectivity index (χ3n) is 4.91. The number of nitrogens with zero attached hydrogens (tertiary/aromatic N) is 1. The van der Waals surface area contributed by atoms with Crippen molar-refractivity contribution in [1.29, 1.82) is 0 Å². The molecule has 4 heteroatoms. The minimum atomic E-state index is -0.192. The number of amides is 2. The topological polar surface area (TPSA) is 46.6 Å². The Balaban J connectivity index is 1.82. The summed E-state index contributed by atoms with van der Waals surface area (Å²) in [4.78, 5) is 26.8. The van der Waals surface area contributed by atoms with Crippen LogP contribution < -0.4 is 9.64 Å². The lowest BCUT2D eigenvalue weighted by molar-refractivity contribution is -0.122. The van der Waals surface area contributed by atoms with Gasteiger partial charge in [-0.2, -0.15) is 0 Å². The molecule has 2 aliphatic rings. The largest absolute Gasteiger partial charge is 0.494 e. The standard InChI is InChI=1S/C19H23NO3/c1-4-9-23-15-7-5-14(6-8-15)20-18(21)16-10-12(2)13(3)11-17(16)19(20)22/h5-8,16-17H,4,9-11H2,1-3H3/t16-,17-/m0/s1. The van der Waals surface area contributed by atoms with Gasteiger partial charge in [-0.05, 0) is 57.4 Å². The number of ether oxygens (including phenoxy) is 1. The molecule has 122 valence electrons. The van der Waals surface area contributed by atoms with E-state index in [0.717, 1.165) is 12.2 Å². The van der Waals surface area contributed by atoms with Gasteiger partial charge in [0.1, 0.15) is 5.75 Å². The van der Waals surface area contributed by atoms with Crippen LogP contribution in [0, 0.1) is 11.8 Å². The molecule has 0 radical (unpaired) electrons. The van der Waals surface area contributed by atoms with Gasteiger partial charge >= 0.3 is 0 Å². The third kappa shape index (κ3) is 2.78. The molecule has 0 N–H and O–H groups in total. The molecule has 4 nitrogen and oxygen atoms in total. The summed E-state index contributed by atoms with van der Waals surface area (Å²) in [5.74, 6) is 0.257. The highest BCUT2D eigenvalue weighted by molar-refractivity contribution is 6.22. The molecule has 0 aromatic heterocycles. The Bertz CT molecular complexity index is 628. The molecule has 0 spiro atoms. The number of anilines is 1. The molecular weight excluding hydrogens is 290 g/mol. The predicted molar refractivity (Wildman–Crippen MR) is 89.3 cm³/mol. The summed E-state index contributed by atoms with van der Waals surface area (Å²) in [7, 11) is 0. The number of fused-ring (bicyclic) bond motifs is 1. The van der Waals surface area contributed by atoms with Crippen LogP contribution in [0.15, 0.2) is 35.4 Å². The summed E-state index contributed by atoms with van der Waals surface area (Å²) in [6.07, 6.45) is 2.35. The van der Waals surface area contributed by atoms with E-state index in [1.54, 1.807) is 12.1 Å². The van der Waals surface area contributed by atoms with Crippen molar-refractivity contribution < 1.29 is 14.3 Å². The average molecular weight is 313 g/mol. The molecule has 1 heterocycles. The number of hydrogen-bond donors (Lipinski definition) is 0. The van der Waals surface area contributed by atoms with Crippen molar-refractivity contribution in [1.82, 2.24) is 0 Å². The Kier molecular flexibility index (Phi) is 4.24. The van der Waals surface area contributed by atoms with Gasteiger partial charge in [0.2, 0.25) is 11.8 Å². The van der Waals surface area contributed by atoms with E-state index in [2.05, 4.69) is 20.8 Å². The van der Waals surface area contributed by atoms with Crippen molar-refractivity contribution in [3.05, 3.63) is 35.4 Å². The van der Waals surface area contributed by atoms with Crippen molar-refractivity contribution >= 4 is 17.5 Å². The van der Waals surface area contributed by atoms with Crippen LogP contribution in [0.1, 0.15) is 40.0 Å². The van der Waals surface area contributed by atoms with Crippen molar-refractivity contribution in [2.24, 2.45) is 11.8 Å². The predicted octanol–water partition coefficient (Wildman–Crippen LogP) is 3.71. The zero-order valence-corrected chi connectivity index (χ0v) is 14.0. The molecule has 1 saturated heterocycles. The SMILES string of the molecule is CCCOc1ccc(N2C(=O)[C@H]3CC(C)=C(C)C[C@@H]3C2=O)cc1. The van der Waals surface area contributed by atoms with E-state index < -0.39 is 0 Å². The molecule has 23 heavy (non-hydrogen) atoms. The first-order chi connectivity index (χ1) is 11.0. The van der Waals surface area contributed by atoms with Gasteiger partial charge in [-0.3, -0.25) is 14.5 Å². The van der Waals surface area contributed by atoms with Gasteiger partial charge in [0, 0.05) is 0 Å². The molecule has 2 atom stereocenters. The van der Waals surface area contributed by atoms with E-state index >= 15 is 0 Å². The minimum absolute atomic E-state index is 0.0610. The van der Waals surface area contributed by atoms with Crippen LogP contribution in [0.25, 0.3) is 0 Å². The molecule has 0 bridgehead atoms. The maximum atomic E-state index is 12.7. The second kappa shape index (κ2) is 6.19. The Morgan fingerprint density at radius 3 is 2.00 bits per heavy atom. The van der Waals surface area contributed by atoms with E-state index in [1.165, 1.54) is 16.0 Å². The van der Waals surface area contributed by atoms with Crippen molar-refractivity contribution in [3.63, 3.8) is 0 Å². The van der Waals surface area contributed by atoms with Gasteiger partial charge < -0.3 is 4.74 Å². The number of rotatable bonds is 4. The molecule has 2 amide bonds. The Labute approximate surface area is 137 Å². The monoisotopic (exact) mass is 313 g/mol. The summed E-state index contributed by atoms with van der Waals surface area (Å²) in [6, 6.07) is 7.24. The third-order valence-corrected chi connectivity index (χ3v) is 4.91. The van der Waals surface area contributed by atoms with E-state index in [4.69, 9.17) is 4.74 Å². The fraction of sp³-hybridized carbons (Fsp3) is 0.474. The first kappa shape index (κ1) is 15.8. The molecule has 1 fully saturated rings. The van der Waals surface area contributed by atoms with E-state index in [0.29, 0.717) is 25.1 Å². The molecule has 1 aliphatic heterocycles. The number of allylic oxidation sites excluding steroid dienone is 2.